The molecule has 1 atom stereocenters. The third-order valence-electron chi connectivity index (χ3n) is 6.60. The van der Waals surface area contributed by atoms with Gasteiger partial charge in [0.15, 0.2) is 11.9 Å². The van der Waals surface area contributed by atoms with Crippen LogP contribution in [0.4, 0.5) is 0 Å². The van der Waals surface area contributed by atoms with Gasteiger partial charge in [-0.25, -0.2) is 0 Å². The van der Waals surface area contributed by atoms with Crippen LogP contribution >= 0.6 is 11.3 Å². The van der Waals surface area contributed by atoms with Crippen LogP contribution in [0.5, 0.6) is 0 Å². The molecule has 1 N–H and O–H groups in total. The zero-order valence-corrected chi connectivity index (χ0v) is 16.6. The third kappa shape index (κ3) is 3.82. The number of carbonyl (C=O) groups is 3. The Morgan fingerprint density at radius 2 is 1.81 bits per heavy atom. The van der Waals surface area contributed by atoms with Gasteiger partial charge < -0.3 is 10.1 Å². The highest BCUT2D eigenvalue weighted by Crippen LogP contribution is 2.60. The molecule has 4 fully saturated rings. The fourth-order valence-corrected chi connectivity index (χ4v) is 6.57. The number of thiophene rings is 1. The molecule has 1 aromatic heterocycles. The Balaban J connectivity index is 1.26. The van der Waals surface area contributed by atoms with E-state index >= 15 is 0 Å². The van der Waals surface area contributed by atoms with Crippen molar-refractivity contribution < 1.29 is 19.1 Å². The highest BCUT2D eigenvalue weighted by atomic mass is 32.1. The van der Waals surface area contributed by atoms with Crippen LogP contribution < -0.4 is 5.32 Å². The lowest BCUT2D eigenvalue weighted by Crippen LogP contribution is -2.52. The van der Waals surface area contributed by atoms with Gasteiger partial charge in [0.25, 0.3) is 5.91 Å². The second kappa shape index (κ2) is 7.38. The second-order valence-corrected chi connectivity index (χ2v) is 9.63. The van der Waals surface area contributed by atoms with Crippen molar-refractivity contribution in [3.63, 3.8) is 0 Å². The Kier molecular flexibility index (Phi) is 5.10. The molecule has 5 rings (SSSR count). The summed E-state index contributed by atoms with van der Waals surface area (Å²) in [6.45, 7) is 1.93. The van der Waals surface area contributed by atoms with Crippen LogP contribution in [0.3, 0.4) is 0 Å². The summed E-state index contributed by atoms with van der Waals surface area (Å²) in [5.74, 6) is 1.59. The van der Waals surface area contributed by atoms with Crippen LogP contribution in [0.25, 0.3) is 0 Å². The van der Waals surface area contributed by atoms with Crippen LogP contribution in [0.2, 0.25) is 0 Å². The van der Waals surface area contributed by atoms with Gasteiger partial charge in [0.1, 0.15) is 0 Å². The first-order valence-corrected chi connectivity index (χ1v) is 10.9. The lowest BCUT2D eigenvalue weighted by Gasteiger charge is -2.56. The molecular formula is C21H27NO4S. The minimum Gasteiger partial charge on any atom is -0.455 e. The summed E-state index contributed by atoms with van der Waals surface area (Å²) >= 11 is 1.36. The second-order valence-electron chi connectivity index (χ2n) is 8.68. The van der Waals surface area contributed by atoms with E-state index in [2.05, 4.69) is 5.32 Å². The summed E-state index contributed by atoms with van der Waals surface area (Å²) in [4.78, 5) is 37.7. The number of ketones is 1. The number of ether oxygens (including phenoxy) is 1. The van der Waals surface area contributed by atoms with Gasteiger partial charge in [-0.1, -0.05) is 6.07 Å². The minimum atomic E-state index is -0.693. The van der Waals surface area contributed by atoms with Crippen molar-refractivity contribution >= 4 is 29.0 Å². The Bertz CT molecular complexity index is 691. The van der Waals surface area contributed by atoms with Gasteiger partial charge in [-0.05, 0) is 74.6 Å². The van der Waals surface area contributed by atoms with Crippen molar-refractivity contribution in [1.29, 1.82) is 0 Å². The number of carbonyl (C=O) groups excluding carboxylic acids is 3. The van der Waals surface area contributed by atoms with E-state index in [0.29, 0.717) is 22.6 Å². The smallest absolute Gasteiger partial charge is 0.308 e. The van der Waals surface area contributed by atoms with Crippen molar-refractivity contribution in [1.82, 2.24) is 5.32 Å². The summed E-state index contributed by atoms with van der Waals surface area (Å²) in [6, 6.07) is 3.55. The minimum absolute atomic E-state index is 0.0790. The lowest BCUT2D eigenvalue weighted by molar-refractivity contribution is -0.164. The van der Waals surface area contributed by atoms with E-state index in [1.807, 2.05) is 11.4 Å². The summed E-state index contributed by atoms with van der Waals surface area (Å²) < 4.78 is 5.44. The van der Waals surface area contributed by atoms with E-state index in [0.717, 1.165) is 19.3 Å². The summed E-state index contributed by atoms with van der Waals surface area (Å²) in [7, 11) is 0. The van der Waals surface area contributed by atoms with Crippen LogP contribution in [0.1, 0.15) is 61.5 Å². The molecule has 0 saturated heterocycles. The molecular weight excluding hydrogens is 362 g/mol. The topological polar surface area (TPSA) is 72.5 Å². The Labute approximate surface area is 163 Å². The SMILES string of the molecule is CC(OC(=O)CCNC(=O)c1cccs1)C(=O)C12CC3CC(CC(C3)C1)C2. The first-order valence-electron chi connectivity index (χ1n) is 10.0. The van der Waals surface area contributed by atoms with Crippen LogP contribution in [-0.4, -0.2) is 30.3 Å². The zero-order valence-electron chi connectivity index (χ0n) is 15.7. The molecule has 1 aromatic rings. The Hall–Kier alpha value is -1.69. The molecule has 0 spiro atoms. The summed E-state index contributed by atoms with van der Waals surface area (Å²) in [5.41, 5.74) is -0.248. The predicted octanol–water partition coefficient (Wildman–Crippen LogP) is 3.59. The number of Topliss-reactive ketones (excluding diaryl/α,β-unsaturated/α-hetero) is 1. The standard InChI is InChI=1S/C21H27NO4S/c1-13(26-18(23)4-5-22-20(25)17-3-2-6-27-17)19(24)21-10-14-7-15(11-21)9-16(8-14)12-21/h2-3,6,13-16H,4-5,7-12H2,1H3,(H,22,25). The summed E-state index contributed by atoms with van der Waals surface area (Å²) in [5, 5.41) is 4.55. The van der Waals surface area contributed by atoms with E-state index in [-0.39, 0.29) is 30.1 Å². The van der Waals surface area contributed by atoms with Crippen molar-refractivity contribution in [2.75, 3.05) is 6.54 Å². The van der Waals surface area contributed by atoms with Crippen LogP contribution in [0.15, 0.2) is 17.5 Å². The highest BCUT2D eigenvalue weighted by Gasteiger charge is 2.55. The first kappa shape index (κ1) is 18.7. The monoisotopic (exact) mass is 389 g/mol. The van der Waals surface area contributed by atoms with Crippen LogP contribution in [0, 0.1) is 23.2 Å². The average Bonchev–Trinajstić information content (AvgIpc) is 3.14. The molecule has 0 aromatic carbocycles. The molecule has 1 amide bonds. The van der Waals surface area contributed by atoms with Crippen molar-refractivity contribution in [2.45, 2.75) is 58.0 Å². The fraction of sp³-hybridized carbons (Fsp3) is 0.667. The molecule has 4 bridgehead atoms. The molecule has 27 heavy (non-hydrogen) atoms. The maximum absolute atomic E-state index is 13.1. The predicted molar refractivity (Wildman–Crippen MR) is 102 cm³/mol. The molecule has 6 heteroatoms. The van der Waals surface area contributed by atoms with E-state index in [9.17, 15) is 14.4 Å². The lowest BCUT2D eigenvalue weighted by atomic mass is 9.48. The van der Waals surface area contributed by atoms with Crippen molar-refractivity contribution in [2.24, 2.45) is 23.2 Å². The van der Waals surface area contributed by atoms with Crippen molar-refractivity contribution in [3.05, 3.63) is 22.4 Å². The van der Waals surface area contributed by atoms with E-state index in [4.69, 9.17) is 4.74 Å². The maximum atomic E-state index is 13.1. The van der Waals surface area contributed by atoms with Crippen molar-refractivity contribution in [3.8, 4) is 0 Å². The van der Waals surface area contributed by atoms with E-state index in [1.54, 1.807) is 13.0 Å². The quantitative estimate of drug-likeness (QED) is 0.724. The largest absolute Gasteiger partial charge is 0.455 e. The number of hydrogen-bond acceptors (Lipinski definition) is 5. The average molecular weight is 390 g/mol. The Morgan fingerprint density at radius 3 is 2.37 bits per heavy atom. The molecule has 1 unspecified atom stereocenters. The van der Waals surface area contributed by atoms with Gasteiger partial charge in [0, 0.05) is 12.0 Å². The van der Waals surface area contributed by atoms with Gasteiger partial charge in [-0.3, -0.25) is 14.4 Å². The summed E-state index contributed by atoms with van der Waals surface area (Å²) in [6.07, 6.45) is 6.18. The van der Waals surface area contributed by atoms with E-state index in [1.165, 1.54) is 30.6 Å². The number of rotatable bonds is 7. The normalized spacial score (nSPS) is 32.1. The number of amides is 1. The fourth-order valence-electron chi connectivity index (χ4n) is 5.93. The number of nitrogens with one attached hydrogen (secondary N) is 1. The molecule has 146 valence electrons. The van der Waals surface area contributed by atoms with Gasteiger partial charge >= 0.3 is 5.97 Å². The van der Waals surface area contributed by atoms with Gasteiger partial charge in [-0.2, -0.15) is 0 Å². The molecule has 1 heterocycles. The first-order chi connectivity index (χ1) is 12.9. The van der Waals surface area contributed by atoms with Gasteiger partial charge in [-0.15, -0.1) is 11.3 Å². The molecule has 0 radical (unpaired) electrons. The third-order valence-corrected chi connectivity index (χ3v) is 7.47. The maximum Gasteiger partial charge on any atom is 0.308 e. The van der Waals surface area contributed by atoms with Gasteiger partial charge in [0.05, 0.1) is 11.3 Å². The molecule has 5 nitrogen and oxygen atoms in total. The van der Waals surface area contributed by atoms with Gasteiger partial charge in [0.2, 0.25) is 0 Å². The number of esters is 1. The molecule has 0 aliphatic heterocycles. The number of hydrogen-bond donors (Lipinski definition) is 1. The zero-order chi connectivity index (χ0) is 19.0. The Morgan fingerprint density at radius 1 is 1.19 bits per heavy atom. The molecule has 4 aliphatic carbocycles. The molecule has 4 aliphatic rings. The molecule has 4 saturated carbocycles. The van der Waals surface area contributed by atoms with Crippen LogP contribution in [-0.2, 0) is 14.3 Å². The van der Waals surface area contributed by atoms with E-state index < -0.39 is 12.1 Å². The highest BCUT2D eigenvalue weighted by molar-refractivity contribution is 7.12.